The van der Waals surface area contributed by atoms with Gasteiger partial charge in [0.2, 0.25) is 0 Å². The summed E-state index contributed by atoms with van der Waals surface area (Å²) in [5.74, 6) is 0. The smallest absolute Gasteiger partial charge is 0.268 e. The van der Waals surface area contributed by atoms with Crippen LogP contribution in [0.4, 0.5) is 8.78 Å². The maximum absolute atomic E-state index is 11.5. The monoisotopic (exact) mass is 116 g/mol. The number of hydrogen-bond donors (Lipinski definition) is 1. The van der Waals surface area contributed by atoms with Crippen molar-refractivity contribution in [2.45, 2.75) is 6.43 Å². The predicted octanol–water partition coefficient (Wildman–Crippen LogP) is 0.948. The van der Waals surface area contributed by atoms with Crippen molar-refractivity contribution >= 4 is 0 Å². The first kappa shape index (κ1) is 5.21. The van der Waals surface area contributed by atoms with E-state index in [0.29, 0.717) is 0 Å². The highest BCUT2D eigenvalue weighted by Crippen LogP contribution is 2.14. The van der Waals surface area contributed by atoms with E-state index in [9.17, 15) is 8.78 Å². The summed E-state index contributed by atoms with van der Waals surface area (Å²) < 4.78 is 23.0. The lowest BCUT2D eigenvalue weighted by molar-refractivity contribution is 0.151. The number of nitrogens with zero attached hydrogens (tertiary/aromatic N) is 1. The molecule has 0 atom stereocenters. The first-order chi connectivity index (χ1) is 3.80. The molecule has 2 nitrogen and oxygen atoms in total. The number of aromatic amines is 1. The van der Waals surface area contributed by atoms with E-state index in [1.54, 1.807) is 0 Å². The van der Waals surface area contributed by atoms with Crippen molar-refractivity contribution in [1.29, 1.82) is 0 Å². The maximum atomic E-state index is 11.5. The summed E-state index contributed by atoms with van der Waals surface area (Å²) in [6.45, 7) is 0. The zero-order valence-corrected chi connectivity index (χ0v) is 3.78. The summed E-state index contributed by atoms with van der Waals surface area (Å²) in [5, 5.41) is 5.26. The van der Waals surface area contributed by atoms with Gasteiger partial charge < -0.3 is 0 Å². The van der Waals surface area contributed by atoms with Crippen LogP contribution in [-0.4, -0.2) is 10.2 Å². The SMILES string of the molecule is FC(F)c1[c]n[nH][c]1. The van der Waals surface area contributed by atoms with E-state index in [1.807, 2.05) is 6.20 Å². The molecule has 0 aliphatic carbocycles. The van der Waals surface area contributed by atoms with E-state index in [2.05, 4.69) is 16.4 Å². The Labute approximate surface area is 44.5 Å². The van der Waals surface area contributed by atoms with Crippen molar-refractivity contribution in [1.82, 2.24) is 10.2 Å². The topological polar surface area (TPSA) is 28.7 Å². The molecule has 0 fully saturated rings. The van der Waals surface area contributed by atoms with E-state index >= 15 is 0 Å². The Bertz CT molecular complexity index is 147. The second kappa shape index (κ2) is 1.90. The molecular weight excluding hydrogens is 114 g/mol. The second-order valence-electron chi connectivity index (χ2n) is 1.17. The molecule has 0 unspecified atom stereocenters. The zero-order chi connectivity index (χ0) is 5.98. The fourth-order valence-corrected chi connectivity index (χ4v) is 0.308. The van der Waals surface area contributed by atoms with Crippen LogP contribution < -0.4 is 0 Å². The fourth-order valence-electron chi connectivity index (χ4n) is 0.308. The Hall–Kier alpha value is -0.930. The molecule has 1 heterocycles. The molecule has 0 aromatic carbocycles. The average Bonchev–Trinajstić information content (AvgIpc) is 2.12. The van der Waals surface area contributed by atoms with Gasteiger partial charge in [-0.2, -0.15) is 5.10 Å². The van der Waals surface area contributed by atoms with Gasteiger partial charge in [0.15, 0.2) is 0 Å². The minimum Gasteiger partial charge on any atom is -0.275 e. The van der Waals surface area contributed by atoms with Crippen molar-refractivity contribution < 1.29 is 8.78 Å². The average molecular weight is 116 g/mol. The molecule has 0 spiro atoms. The maximum Gasteiger partial charge on any atom is 0.268 e. The summed E-state index contributed by atoms with van der Waals surface area (Å²) in [5.41, 5.74) is -0.315. The van der Waals surface area contributed by atoms with Gasteiger partial charge in [0.05, 0.1) is 11.8 Å². The molecule has 2 radical (unpaired) electrons. The number of alkyl halides is 2. The summed E-state index contributed by atoms with van der Waals surface area (Å²) in [6.07, 6.45) is 1.60. The molecule has 42 valence electrons. The fraction of sp³-hybridized carbons (Fsp3) is 0.250. The lowest BCUT2D eigenvalue weighted by atomic mass is 10.4. The van der Waals surface area contributed by atoms with Gasteiger partial charge in [-0.1, -0.05) is 0 Å². The van der Waals surface area contributed by atoms with Gasteiger partial charge in [-0.25, -0.2) is 8.78 Å². The minimum absolute atomic E-state index is 0.315. The minimum atomic E-state index is -2.52. The van der Waals surface area contributed by atoms with E-state index in [4.69, 9.17) is 0 Å². The molecule has 0 amide bonds. The third kappa shape index (κ3) is 0.828. The Kier molecular flexibility index (Phi) is 1.24. The number of aromatic nitrogens is 2. The van der Waals surface area contributed by atoms with Crippen LogP contribution in [0.1, 0.15) is 12.0 Å². The van der Waals surface area contributed by atoms with E-state index in [-0.39, 0.29) is 5.56 Å². The molecule has 1 aromatic heterocycles. The van der Waals surface area contributed by atoms with Gasteiger partial charge in [0, 0.05) is 0 Å². The molecular formula is C4H2F2N2. The molecule has 0 saturated heterocycles. The molecule has 1 aromatic rings. The van der Waals surface area contributed by atoms with Crippen LogP contribution in [0.2, 0.25) is 0 Å². The second-order valence-corrected chi connectivity index (χ2v) is 1.17. The third-order valence-electron chi connectivity index (χ3n) is 0.641. The Balaban J connectivity index is 2.77. The number of hydrogen-bond acceptors (Lipinski definition) is 1. The Morgan fingerprint density at radius 3 is 2.62 bits per heavy atom. The molecule has 4 heteroatoms. The highest BCUT2D eigenvalue weighted by Gasteiger charge is 2.06. The van der Waals surface area contributed by atoms with Gasteiger partial charge in [-0.05, 0) is 0 Å². The van der Waals surface area contributed by atoms with E-state index in [1.165, 1.54) is 0 Å². The molecule has 0 aliphatic heterocycles. The van der Waals surface area contributed by atoms with Crippen LogP contribution in [0.5, 0.6) is 0 Å². The Morgan fingerprint density at radius 2 is 2.38 bits per heavy atom. The molecule has 8 heavy (non-hydrogen) atoms. The van der Waals surface area contributed by atoms with Crippen molar-refractivity contribution in [2.24, 2.45) is 0 Å². The summed E-state index contributed by atoms with van der Waals surface area (Å²) >= 11 is 0. The van der Waals surface area contributed by atoms with Crippen LogP contribution >= 0.6 is 0 Å². The van der Waals surface area contributed by atoms with Crippen LogP contribution in [-0.2, 0) is 0 Å². The quantitative estimate of drug-likeness (QED) is 0.581. The van der Waals surface area contributed by atoms with Crippen molar-refractivity contribution in [2.75, 3.05) is 0 Å². The van der Waals surface area contributed by atoms with Crippen molar-refractivity contribution in [3.63, 3.8) is 0 Å². The summed E-state index contributed by atoms with van der Waals surface area (Å²) in [7, 11) is 0. The molecule has 0 aliphatic rings. The van der Waals surface area contributed by atoms with Crippen LogP contribution in [0.3, 0.4) is 0 Å². The van der Waals surface area contributed by atoms with Crippen LogP contribution in [0.25, 0.3) is 0 Å². The largest absolute Gasteiger partial charge is 0.275 e. The van der Waals surface area contributed by atoms with Crippen molar-refractivity contribution in [3.05, 3.63) is 18.0 Å². The van der Waals surface area contributed by atoms with Gasteiger partial charge in [0.25, 0.3) is 6.43 Å². The predicted molar refractivity (Wildman–Crippen MR) is 21.2 cm³/mol. The standard InChI is InChI=1S/C4H2F2N2/c5-4(6)3-1-7-8-2-3/h4H,(H,7,8). The zero-order valence-electron chi connectivity index (χ0n) is 3.78. The first-order valence-electron chi connectivity index (χ1n) is 1.92. The molecule has 1 rings (SSSR count). The third-order valence-corrected chi connectivity index (χ3v) is 0.641. The van der Waals surface area contributed by atoms with Crippen LogP contribution in [0.15, 0.2) is 0 Å². The number of halogens is 2. The lowest BCUT2D eigenvalue weighted by Crippen LogP contribution is -1.76. The van der Waals surface area contributed by atoms with E-state index in [0.717, 1.165) is 0 Å². The Morgan fingerprint density at radius 1 is 1.62 bits per heavy atom. The summed E-state index contributed by atoms with van der Waals surface area (Å²) in [4.78, 5) is 0. The molecule has 0 bridgehead atoms. The number of rotatable bonds is 1. The van der Waals surface area contributed by atoms with E-state index < -0.39 is 6.43 Å². The van der Waals surface area contributed by atoms with Gasteiger partial charge in [-0.3, -0.25) is 5.10 Å². The molecule has 0 saturated carbocycles. The van der Waals surface area contributed by atoms with Gasteiger partial charge >= 0.3 is 0 Å². The molecule has 1 N–H and O–H groups in total. The van der Waals surface area contributed by atoms with Crippen molar-refractivity contribution in [3.8, 4) is 0 Å². The highest BCUT2D eigenvalue weighted by molar-refractivity contribution is 4.99. The highest BCUT2D eigenvalue weighted by atomic mass is 19.3. The van der Waals surface area contributed by atoms with Gasteiger partial charge in [-0.15, -0.1) is 0 Å². The normalized spacial score (nSPS) is 10.4. The first-order valence-corrected chi connectivity index (χ1v) is 1.92. The number of H-pyrrole nitrogens is 1. The summed E-state index contributed by atoms with van der Waals surface area (Å²) in [6, 6.07) is 0. The van der Waals surface area contributed by atoms with Crippen LogP contribution in [0, 0.1) is 12.4 Å². The van der Waals surface area contributed by atoms with Gasteiger partial charge in [0.1, 0.15) is 6.20 Å². The number of nitrogens with one attached hydrogen (secondary N) is 1. The lowest BCUT2D eigenvalue weighted by Gasteiger charge is -1.84.